The molecule has 812 valence electrons. The maximum Gasteiger partial charge on any atom is 0.394 e. The molecule has 0 aliphatic heterocycles. The van der Waals surface area contributed by atoms with Gasteiger partial charge in [-0.25, -0.2) is 68.6 Å². The molecule has 6 amide bonds. The van der Waals surface area contributed by atoms with Crippen molar-refractivity contribution in [2.24, 2.45) is 27.1 Å². The number of halogens is 14. The number of aromatic nitrogens is 18. The van der Waals surface area contributed by atoms with E-state index in [4.69, 9.17) is 81.2 Å². The van der Waals surface area contributed by atoms with Crippen LogP contribution in [0.2, 0.25) is 35.4 Å². The molecule has 1 aliphatic rings. The number of anilines is 6. The smallest absolute Gasteiger partial charge is 0.385 e. The third-order valence-electron chi connectivity index (χ3n) is 23.4. The number of aliphatic hydroxyl groups is 1. The van der Waals surface area contributed by atoms with E-state index in [2.05, 4.69) is 133 Å². The molecule has 149 heavy (non-hydrogen) atoms. The average Bonchev–Trinajstić information content (AvgIpc) is 1.69. The summed E-state index contributed by atoms with van der Waals surface area (Å²) in [6.45, 7) is 54.9. The Hall–Kier alpha value is -10.7. The van der Waals surface area contributed by atoms with Crippen LogP contribution in [0.4, 0.5) is 66.4 Å². The number of pyridine rings is 6. The van der Waals surface area contributed by atoms with Crippen LogP contribution in [0.3, 0.4) is 0 Å². The summed E-state index contributed by atoms with van der Waals surface area (Å²) in [4.78, 5) is 127. The van der Waals surface area contributed by atoms with Crippen molar-refractivity contribution in [2.45, 2.75) is 324 Å². The maximum atomic E-state index is 13.0. The van der Waals surface area contributed by atoms with Crippen LogP contribution in [-0.4, -0.2) is 154 Å². The minimum atomic E-state index is -4.50. The van der Waals surface area contributed by atoms with Gasteiger partial charge in [-0.15, -0.1) is 0 Å². The van der Waals surface area contributed by atoms with Gasteiger partial charge in [-0.1, -0.05) is 188 Å². The number of carbonyl (C=O) groups excluding carboxylic acids is 6. The van der Waals surface area contributed by atoms with E-state index in [9.17, 15) is 64.6 Å². The lowest BCUT2D eigenvalue weighted by Gasteiger charge is -2.29. The number of amides is 6. The van der Waals surface area contributed by atoms with E-state index in [1.165, 1.54) is 33.3 Å². The summed E-state index contributed by atoms with van der Waals surface area (Å²) < 4.78 is 102. The first kappa shape index (κ1) is 122. The predicted molar refractivity (Wildman–Crippen MR) is 581 cm³/mol. The van der Waals surface area contributed by atoms with E-state index in [1.54, 1.807) is 51.8 Å². The van der Waals surface area contributed by atoms with E-state index in [-0.39, 0.29) is 97.1 Å². The van der Waals surface area contributed by atoms with Crippen LogP contribution in [-0.2, 0) is 62.1 Å². The summed E-state index contributed by atoms with van der Waals surface area (Å²) in [5.74, 6) is -0.117. The molecule has 0 radical (unpaired) electrons. The molecule has 31 nitrogen and oxygen atoms in total. The second kappa shape index (κ2) is 46.4. The molecule has 12 aromatic heterocycles. The minimum absolute atomic E-state index is 0.0443. The largest absolute Gasteiger partial charge is 0.394 e. The molecule has 0 saturated heterocycles. The fraction of sp³-hybridized carbons (Fsp3) is 0.538. The van der Waals surface area contributed by atoms with Crippen molar-refractivity contribution in [2.75, 3.05) is 45.2 Å². The zero-order chi connectivity index (χ0) is 112. The number of imidazole rings is 6. The molecule has 13 aromatic rings. The Labute approximate surface area is 898 Å². The number of nitrogens with zero attached hydrogens (tertiary/aromatic N) is 18. The van der Waals surface area contributed by atoms with Crippen molar-refractivity contribution in [3.8, 4) is 0 Å². The van der Waals surface area contributed by atoms with E-state index >= 15 is 0 Å². The second-order valence-electron chi connectivity index (χ2n) is 46.7. The Kier molecular flexibility index (Phi) is 38.0. The highest BCUT2D eigenvalue weighted by Gasteiger charge is 2.49. The number of benzene rings is 1. The van der Waals surface area contributed by atoms with E-state index in [1.807, 2.05) is 181 Å². The molecule has 1 aromatic carbocycles. The Morgan fingerprint density at radius 2 is 0.644 bits per heavy atom. The summed E-state index contributed by atoms with van der Waals surface area (Å²) in [6.07, 6.45) is -4.35. The molecular formula is C104H136Cl7F7N24O7. The van der Waals surface area contributed by atoms with Gasteiger partial charge in [-0.3, -0.25) is 96.9 Å². The molecule has 1 atom stereocenters. The molecule has 7 N–H and O–H groups in total. The van der Waals surface area contributed by atoms with Crippen LogP contribution in [0.5, 0.6) is 0 Å². The first-order valence-corrected chi connectivity index (χ1v) is 50.9. The zero-order valence-electron chi connectivity index (χ0n) is 90.1. The Bertz CT molecular complexity index is 6850. The molecule has 0 unspecified atom stereocenters. The van der Waals surface area contributed by atoms with Crippen LogP contribution in [0.25, 0.3) is 67.0 Å². The van der Waals surface area contributed by atoms with E-state index in [0.717, 1.165) is 66.2 Å². The molecule has 1 fully saturated rings. The minimum Gasteiger partial charge on any atom is -0.385 e. The van der Waals surface area contributed by atoms with E-state index in [0.29, 0.717) is 108 Å². The number of hydrogen-bond acceptors (Lipinski definition) is 19. The summed E-state index contributed by atoms with van der Waals surface area (Å²) in [5.41, 5.74) is 2.60. The molecule has 0 spiro atoms. The zero-order valence-corrected chi connectivity index (χ0v) is 95.4. The standard InChI is InChI=1S/C21H24N4O2.C17H23ClF2N4O.2C17H25ClN4O.C16H19Cl2F3N4O.C16H20Cl2F2N4O/c1-14-11-12-17-19(22-14)25(16-9-6-10-16)20(23-17)24-18(26)13-21(2,27)15-7-4-3-5-8-15;1-9-10(18)7-11-13(21-9)24(16(2,3)4)15(22-11)23-12(25)8-17(5,6)14(19)20;2*1-10-11(18)8-12-14(19-10)22(17(5,6)7)15(20-12)21-13(23)9-16(2,3)4;1-14(2,3)25-12-9(6-8(17)11(18)24-12)22-13(25)23-10(26)7-15(4,5)16(19,20)21;1-15(2,3)24-13-10(5-9(17)12(18)23-13)21-14(24)22-11(25)6-16(4,7-19)8-20/h3-5,7-8,11-12,16,27H,6,9-10,13H2,1-2H3,(H,23,24,26);7,14H,8H2,1-6H3,(H,22,23,25);2*8H,9H2,1-7H3,(H,20,21,23);6H,7H2,1-5H3,(H,22,23,26);5H,6-8H2,1-4H3,(H,21,22,25)/t21-;;;;;/m0...../s1. The van der Waals surface area contributed by atoms with Gasteiger partial charge in [0.25, 0.3) is 0 Å². The third kappa shape index (κ3) is 31.3. The lowest BCUT2D eigenvalue weighted by Crippen LogP contribution is -2.36. The third-order valence-corrected chi connectivity index (χ3v) is 25.9. The topological polar surface area (TPSA) is 379 Å². The van der Waals surface area contributed by atoms with Gasteiger partial charge < -0.3 is 5.11 Å². The Morgan fingerprint density at radius 3 is 0.940 bits per heavy atom. The number of aryl methyl sites for hydroxylation is 4. The highest BCUT2D eigenvalue weighted by atomic mass is 35.5. The molecule has 0 bridgehead atoms. The average molecular weight is 2220 g/mol. The monoisotopic (exact) mass is 2210 g/mol. The highest BCUT2D eigenvalue weighted by molar-refractivity contribution is 6.42. The van der Waals surface area contributed by atoms with Crippen LogP contribution < -0.4 is 31.9 Å². The molecule has 1 aliphatic carbocycles. The predicted octanol–water partition coefficient (Wildman–Crippen LogP) is 27.7. The number of rotatable bonds is 21. The van der Waals surface area contributed by atoms with Gasteiger partial charge in [0.1, 0.15) is 43.4 Å². The van der Waals surface area contributed by atoms with Gasteiger partial charge in [0, 0.05) is 82.4 Å². The van der Waals surface area contributed by atoms with Crippen molar-refractivity contribution in [3.05, 3.63) is 137 Å². The van der Waals surface area contributed by atoms with Crippen molar-refractivity contribution in [1.82, 2.24) is 87.2 Å². The van der Waals surface area contributed by atoms with Crippen molar-refractivity contribution < 1.29 is 64.6 Å². The first-order valence-electron chi connectivity index (χ1n) is 48.2. The van der Waals surface area contributed by atoms with Crippen LogP contribution in [0.15, 0.2) is 72.8 Å². The normalized spacial score (nSPS) is 13.6. The number of nitrogens with one attached hydrogen (secondary N) is 6. The maximum absolute atomic E-state index is 13.0. The first-order chi connectivity index (χ1) is 68.2. The summed E-state index contributed by atoms with van der Waals surface area (Å²) in [7, 11) is 0. The summed E-state index contributed by atoms with van der Waals surface area (Å²) in [5, 5.41) is 29.5. The van der Waals surface area contributed by atoms with Crippen molar-refractivity contribution >= 4 is 219 Å². The quantitative estimate of drug-likeness (QED) is 0.0259. The van der Waals surface area contributed by atoms with Gasteiger partial charge in [0.15, 0.2) is 33.9 Å². The van der Waals surface area contributed by atoms with Crippen LogP contribution in [0.1, 0.15) is 279 Å². The summed E-state index contributed by atoms with van der Waals surface area (Å²) in [6, 6.07) is 21.7. The number of carbonyl (C=O) groups is 6. The summed E-state index contributed by atoms with van der Waals surface area (Å²) >= 11 is 42.3. The molecule has 1 saturated carbocycles. The molecule has 14 rings (SSSR count). The molecule has 12 heterocycles. The van der Waals surface area contributed by atoms with Gasteiger partial charge in [0.2, 0.25) is 77.6 Å². The Morgan fingerprint density at radius 1 is 0.356 bits per heavy atom. The van der Waals surface area contributed by atoms with Gasteiger partial charge in [-0.2, -0.15) is 13.2 Å². The van der Waals surface area contributed by atoms with Crippen molar-refractivity contribution in [1.29, 1.82) is 0 Å². The van der Waals surface area contributed by atoms with Gasteiger partial charge >= 0.3 is 6.18 Å². The van der Waals surface area contributed by atoms with Crippen LogP contribution >= 0.6 is 81.2 Å². The van der Waals surface area contributed by atoms with Gasteiger partial charge in [0.05, 0.1) is 73.0 Å². The van der Waals surface area contributed by atoms with Crippen molar-refractivity contribution in [3.63, 3.8) is 0 Å². The second-order valence-corrected chi connectivity index (χ2v) is 49.4. The lowest BCUT2D eigenvalue weighted by atomic mass is 9.88. The van der Waals surface area contributed by atoms with Crippen LogP contribution in [0, 0.1) is 54.8 Å². The number of fused-ring (bicyclic) bond motifs is 6. The fourth-order valence-corrected chi connectivity index (χ4v) is 16.6. The van der Waals surface area contributed by atoms with E-state index < -0.39 is 88.6 Å². The molecule has 45 heteroatoms. The van der Waals surface area contributed by atoms with Gasteiger partial charge in [-0.05, 0) is 217 Å². The lowest BCUT2D eigenvalue weighted by molar-refractivity contribution is -0.213. The fourth-order valence-electron chi connectivity index (χ4n) is 15.6. The SMILES string of the molecule is CC(C)(C)n1c(NC(=O)CC(C)(C)C(F)(F)F)nc2cc(Cl)c(Cl)nc21.CC(CF)(CF)CC(=O)Nc1nc2cc(Cl)c(Cl)nc2n1C(C)(C)C.Cc1ccc2nc(NC(=O)C[C@](C)(O)c3ccccc3)n(C3CCC3)c2n1.Cc1nc2c(cc1Cl)nc(NC(=O)CC(C)(C)C(F)F)n2C(C)(C)C.Cc1nc2c(cc1Cl)nc(NC(=O)CC(C)(C)C)n2C(C)(C)C.Cc1nc2c(cc1Cl)nc(NC(=O)CC(C)(C)C)n2C(C)(C)C. The Balaban J connectivity index is 0.000000199. The number of hydrogen-bond donors (Lipinski definition) is 7. The highest BCUT2D eigenvalue weighted by Crippen LogP contribution is 2.44. The molecular weight excluding hydrogens is 2080 g/mol. The number of alkyl halides is 7.